The number of aromatic hydroxyl groups is 1. The highest BCUT2D eigenvalue weighted by Gasteiger charge is 2.18. The van der Waals surface area contributed by atoms with Gasteiger partial charge in [0.25, 0.3) is 5.91 Å². The number of hydrogen-bond acceptors (Lipinski definition) is 6. The fraction of sp³-hybridized carbons (Fsp3) is 0. The zero-order chi connectivity index (χ0) is 18.7. The Balaban J connectivity index is 1.90. The van der Waals surface area contributed by atoms with Gasteiger partial charge in [-0.25, -0.2) is 4.99 Å². The first-order valence-corrected chi connectivity index (χ1v) is 7.85. The number of carbonyl (C=O) groups excluding carboxylic acids is 1. The van der Waals surface area contributed by atoms with Gasteiger partial charge in [0.05, 0.1) is 5.69 Å². The van der Waals surface area contributed by atoms with Gasteiger partial charge < -0.3 is 21.9 Å². The van der Waals surface area contributed by atoms with Crippen molar-refractivity contribution < 1.29 is 9.90 Å². The van der Waals surface area contributed by atoms with Gasteiger partial charge >= 0.3 is 0 Å². The van der Waals surface area contributed by atoms with Crippen molar-refractivity contribution in [2.75, 3.05) is 11.1 Å². The zero-order valence-electron chi connectivity index (χ0n) is 13.4. The fourth-order valence-corrected chi connectivity index (χ4v) is 2.44. The third-order valence-electron chi connectivity index (χ3n) is 3.48. The van der Waals surface area contributed by atoms with E-state index in [9.17, 15) is 9.90 Å². The third kappa shape index (κ3) is 3.76. The number of amides is 1. The molecule has 0 aliphatic heterocycles. The maximum absolute atomic E-state index is 11.8. The van der Waals surface area contributed by atoms with Crippen molar-refractivity contribution in [1.82, 2.24) is 10.2 Å². The highest BCUT2D eigenvalue weighted by molar-refractivity contribution is 6.30. The minimum atomic E-state index is -0.694. The van der Waals surface area contributed by atoms with Crippen molar-refractivity contribution in [3.8, 4) is 5.75 Å². The van der Waals surface area contributed by atoms with Gasteiger partial charge in [0.2, 0.25) is 0 Å². The van der Waals surface area contributed by atoms with Gasteiger partial charge in [-0.05, 0) is 42.0 Å². The van der Waals surface area contributed by atoms with Crippen LogP contribution in [0.2, 0.25) is 5.02 Å². The molecule has 0 aliphatic rings. The van der Waals surface area contributed by atoms with Crippen LogP contribution in [0.5, 0.6) is 5.75 Å². The molecule has 0 saturated heterocycles. The number of nitrogens with zero attached hydrogens (tertiary/aromatic N) is 2. The van der Waals surface area contributed by atoms with Crippen LogP contribution in [0.3, 0.4) is 0 Å². The van der Waals surface area contributed by atoms with Crippen LogP contribution in [-0.2, 0) is 0 Å². The summed E-state index contributed by atoms with van der Waals surface area (Å²) in [5.41, 5.74) is 12.7. The summed E-state index contributed by atoms with van der Waals surface area (Å²) in [5.74, 6) is -0.292. The van der Waals surface area contributed by atoms with E-state index in [1.165, 1.54) is 12.3 Å². The van der Waals surface area contributed by atoms with Crippen LogP contribution >= 0.6 is 11.6 Å². The van der Waals surface area contributed by atoms with Crippen molar-refractivity contribution in [2.45, 2.75) is 0 Å². The molecule has 0 aliphatic carbocycles. The molecule has 1 aromatic heterocycles. The lowest BCUT2D eigenvalue weighted by molar-refractivity contribution is 0.100. The van der Waals surface area contributed by atoms with E-state index in [-0.39, 0.29) is 22.8 Å². The van der Waals surface area contributed by atoms with Crippen LogP contribution in [0.4, 0.5) is 23.0 Å². The number of phenolic OH excluding ortho intramolecular Hbond substituents is 1. The predicted molar refractivity (Wildman–Crippen MR) is 102 cm³/mol. The number of aromatic nitrogens is 2. The van der Waals surface area contributed by atoms with Crippen LogP contribution < -0.4 is 16.8 Å². The first-order chi connectivity index (χ1) is 12.4. The second kappa shape index (κ2) is 7.16. The molecule has 132 valence electrons. The van der Waals surface area contributed by atoms with E-state index in [4.69, 9.17) is 23.1 Å². The lowest BCUT2D eigenvalue weighted by Gasteiger charge is -2.05. The smallest absolute Gasteiger partial charge is 0.256 e. The quantitative estimate of drug-likeness (QED) is 0.266. The normalized spacial score (nSPS) is 11.0. The summed E-state index contributed by atoms with van der Waals surface area (Å²) in [6.07, 6.45) is 1.46. The molecule has 0 atom stereocenters. The molecule has 0 bridgehead atoms. The molecule has 0 spiro atoms. The molecule has 0 radical (unpaired) electrons. The minimum absolute atomic E-state index is 0.0206. The third-order valence-corrected chi connectivity index (χ3v) is 3.71. The Morgan fingerprint density at radius 3 is 2.81 bits per heavy atom. The Morgan fingerprint density at radius 1 is 1.31 bits per heavy atom. The lowest BCUT2D eigenvalue weighted by atomic mass is 10.2. The predicted octanol–water partition coefficient (Wildman–Crippen LogP) is 2.94. The molecule has 3 rings (SSSR count). The van der Waals surface area contributed by atoms with E-state index >= 15 is 0 Å². The first kappa shape index (κ1) is 17.3. The number of aliphatic imine (C=N–C) groups is 1. The summed E-state index contributed by atoms with van der Waals surface area (Å²) < 4.78 is 0. The number of aromatic amines is 1. The van der Waals surface area contributed by atoms with E-state index in [1.807, 2.05) is 0 Å². The molecular formula is C17H15ClN6O2. The molecule has 0 saturated carbocycles. The number of anilines is 3. The second-order valence-corrected chi connectivity index (χ2v) is 5.81. The minimum Gasteiger partial charge on any atom is -0.506 e. The number of hydrogen-bond donors (Lipinski definition) is 5. The van der Waals surface area contributed by atoms with Gasteiger partial charge in [-0.1, -0.05) is 17.7 Å². The number of benzene rings is 2. The van der Waals surface area contributed by atoms with E-state index in [2.05, 4.69) is 20.5 Å². The molecule has 3 aromatic rings. The molecule has 8 nitrogen and oxygen atoms in total. The topological polar surface area (TPSA) is 142 Å². The number of nitrogens with one attached hydrogen (secondary N) is 2. The van der Waals surface area contributed by atoms with Gasteiger partial charge in [0, 0.05) is 16.9 Å². The van der Waals surface area contributed by atoms with Gasteiger partial charge in [-0.3, -0.25) is 9.89 Å². The van der Waals surface area contributed by atoms with Crippen molar-refractivity contribution in [3.05, 3.63) is 58.6 Å². The monoisotopic (exact) mass is 370 g/mol. The Kier molecular flexibility index (Phi) is 4.76. The van der Waals surface area contributed by atoms with Crippen LogP contribution in [0.25, 0.3) is 0 Å². The van der Waals surface area contributed by atoms with E-state index in [1.54, 1.807) is 36.4 Å². The van der Waals surface area contributed by atoms with Crippen molar-refractivity contribution in [3.63, 3.8) is 0 Å². The standard InChI is InChI=1S/C17H15ClN6O2/c18-10-2-1-3-11(7-10)22-17-14(15(20)26)16(23-24-17)21-8-9-4-5-13(25)12(19)6-9/h1-8,25H,19H2,(H2,20,26)(H2,22,23,24). The average Bonchev–Trinajstić information content (AvgIpc) is 2.99. The van der Waals surface area contributed by atoms with Crippen molar-refractivity contribution >= 4 is 46.7 Å². The molecule has 26 heavy (non-hydrogen) atoms. The number of phenols is 1. The number of nitrogen functional groups attached to an aromatic ring is 1. The SMILES string of the molecule is NC(=O)c1c(N=Cc2ccc(O)c(N)c2)n[nH]c1Nc1cccc(Cl)c1. The second-order valence-electron chi connectivity index (χ2n) is 5.37. The van der Waals surface area contributed by atoms with Crippen LogP contribution in [0.15, 0.2) is 47.5 Å². The molecule has 7 N–H and O–H groups in total. The summed E-state index contributed by atoms with van der Waals surface area (Å²) in [6.45, 7) is 0. The molecular weight excluding hydrogens is 356 g/mol. The lowest BCUT2D eigenvalue weighted by Crippen LogP contribution is -2.12. The summed E-state index contributed by atoms with van der Waals surface area (Å²) in [5, 5.41) is 19.7. The molecule has 1 heterocycles. The first-order valence-electron chi connectivity index (χ1n) is 7.47. The molecule has 2 aromatic carbocycles. The van der Waals surface area contributed by atoms with E-state index in [0.29, 0.717) is 22.1 Å². The average molecular weight is 371 g/mol. The molecule has 0 unspecified atom stereocenters. The number of rotatable bonds is 5. The van der Waals surface area contributed by atoms with Crippen molar-refractivity contribution in [1.29, 1.82) is 0 Å². The van der Waals surface area contributed by atoms with Gasteiger partial charge in [0.15, 0.2) is 5.82 Å². The largest absolute Gasteiger partial charge is 0.506 e. The maximum Gasteiger partial charge on any atom is 0.256 e. The summed E-state index contributed by atoms with van der Waals surface area (Å²) in [6, 6.07) is 11.6. The fourth-order valence-electron chi connectivity index (χ4n) is 2.25. The zero-order valence-corrected chi connectivity index (χ0v) is 14.2. The highest BCUT2D eigenvalue weighted by Crippen LogP contribution is 2.27. The number of carbonyl (C=O) groups is 1. The molecule has 1 amide bonds. The Bertz CT molecular complexity index is 999. The Morgan fingerprint density at radius 2 is 2.12 bits per heavy atom. The van der Waals surface area contributed by atoms with E-state index < -0.39 is 5.91 Å². The summed E-state index contributed by atoms with van der Waals surface area (Å²) in [7, 11) is 0. The number of primary amides is 1. The van der Waals surface area contributed by atoms with Crippen LogP contribution in [0, 0.1) is 0 Å². The number of halogens is 1. The van der Waals surface area contributed by atoms with Crippen LogP contribution in [0.1, 0.15) is 15.9 Å². The number of nitrogens with two attached hydrogens (primary N) is 2. The summed E-state index contributed by atoms with van der Waals surface area (Å²) in [4.78, 5) is 16.0. The van der Waals surface area contributed by atoms with Gasteiger partial charge in [0.1, 0.15) is 17.1 Å². The summed E-state index contributed by atoms with van der Waals surface area (Å²) >= 11 is 5.95. The van der Waals surface area contributed by atoms with Crippen LogP contribution in [-0.4, -0.2) is 27.4 Å². The highest BCUT2D eigenvalue weighted by atomic mass is 35.5. The van der Waals surface area contributed by atoms with E-state index in [0.717, 1.165) is 0 Å². The number of H-pyrrole nitrogens is 1. The molecule has 0 fully saturated rings. The van der Waals surface area contributed by atoms with Gasteiger partial charge in [-0.2, -0.15) is 5.10 Å². The Labute approximate surface area is 153 Å². The van der Waals surface area contributed by atoms with Gasteiger partial charge in [-0.15, -0.1) is 0 Å². The molecule has 9 heteroatoms. The maximum atomic E-state index is 11.8. The van der Waals surface area contributed by atoms with Crippen molar-refractivity contribution in [2.24, 2.45) is 10.7 Å². The Hall–Kier alpha value is -3.52.